The van der Waals surface area contributed by atoms with Gasteiger partial charge in [-0.2, -0.15) is 10.2 Å². The molecule has 1 aliphatic carbocycles. The molecule has 1 N–H and O–H groups in total. The van der Waals surface area contributed by atoms with Gasteiger partial charge in [0.1, 0.15) is 11.8 Å². The predicted molar refractivity (Wildman–Crippen MR) is 135 cm³/mol. The van der Waals surface area contributed by atoms with Gasteiger partial charge in [-0.05, 0) is 68.5 Å². The maximum absolute atomic E-state index is 9.55. The number of nitriles is 1. The Labute approximate surface area is 205 Å². The Morgan fingerprint density at radius 2 is 1.89 bits per heavy atom. The summed E-state index contributed by atoms with van der Waals surface area (Å²) in [6.45, 7) is 6.07. The van der Waals surface area contributed by atoms with Gasteiger partial charge in [0.25, 0.3) is 5.89 Å². The van der Waals surface area contributed by atoms with E-state index < -0.39 is 0 Å². The molecule has 0 fully saturated rings. The number of hydrogen-bond donors (Lipinski definition) is 1. The topological polar surface area (TPSA) is 84.0 Å². The molecule has 2 atom stereocenters. The van der Waals surface area contributed by atoms with Gasteiger partial charge in [0, 0.05) is 23.2 Å². The quantitative estimate of drug-likeness (QED) is 0.341. The highest BCUT2D eigenvalue weighted by Crippen LogP contribution is 2.38. The molecule has 0 spiro atoms. The minimum atomic E-state index is -0.0165. The fourth-order valence-electron chi connectivity index (χ4n) is 4.73. The summed E-state index contributed by atoms with van der Waals surface area (Å²) in [5, 5.41) is 17.6. The van der Waals surface area contributed by atoms with E-state index in [1.54, 1.807) is 12.1 Å². The lowest BCUT2D eigenvalue weighted by atomic mass is 10.0. The summed E-state index contributed by atoms with van der Waals surface area (Å²) in [6.07, 6.45) is 1.96. The third kappa shape index (κ3) is 4.68. The normalized spacial score (nSPS) is 15.6. The van der Waals surface area contributed by atoms with Gasteiger partial charge in [0.2, 0.25) is 5.82 Å². The van der Waals surface area contributed by atoms with Gasteiger partial charge in [-0.1, -0.05) is 53.7 Å². The van der Waals surface area contributed by atoms with Crippen molar-refractivity contribution in [3.63, 3.8) is 0 Å². The Balaban J connectivity index is 1.40. The third-order valence-electron chi connectivity index (χ3n) is 6.40. The summed E-state index contributed by atoms with van der Waals surface area (Å²) in [5.41, 5.74) is 5.96. The Kier molecular flexibility index (Phi) is 6.35. The molecule has 35 heavy (non-hydrogen) atoms. The third-order valence-corrected chi connectivity index (χ3v) is 6.40. The molecule has 5 rings (SSSR count). The van der Waals surface area contributed by atoms with Crippen LogP contribution < -0.4 is 10.1 Å². The Morgan fingerprint density at radius 1 is 1.06 bits per heavy atom. The van der Waals surface area contributed by atoms with Gasteiger partial charge in [0.05, 0.1) is 11.7 Å². The van der Waals surface area contributed by atoms with Crippen LogP contribution in [0, 0.1) is 11.3 Å². The summed E-state index contributed by atoms with van der Waals surface area (Å²) in [7, 11) is 0. The molecule has 0 saturated heterocycles. The molecule has 6 nitrogen and oxygen atoms in total. The lowest BCUT2D eigenvalue weighted by Crippen LogP contribution is -2.22. The van der Waals surface area contributed by atoms with Crippen LogP contribution in [0.5, 0.6) is 5.75 Å². The number of nitrogens with one attached hydrogen (secondary N) is 1. The van der Waals surface area contributed by atoms with Crippen molar-refractivity contribution in [2.45, 2.75) is 51.8 Å². The monoisotopic (exact) mass is 464 g/mol. The zero-order valence-corrected chi connectivity index (χ0v) is 20.2. The molecule has 0 unspecified atom stereocenters. The van der Waals surface area contributed by atoms with E-state index in [-0.39, 0.29) is 18.2 Å². The molecule has 0 amide bonds. The van der Waals surface area contributed by atoms with Crippen molar-refractivity contribution in [3.05, 3.63) is 89.0 Å². The van der Waals surface area contributed by atoms with Gasteiger partial charge in [-0.15, -0.1) is 0 Å². The molecule has 6 heteroatoms. The van der Waals surface area contributed by atoms with Crippen LogP contribution in [0.15, 0.2) is 71.3 Å². The summed E-state index contributed by atoms with van der Waals surface area (Å²) < 4.78 is 11.3. The van der Waals surface area contributed by atoms with E-state index in [2.05, 4.69) is 70.9 Å². The fourth-order valence-corrected chi connectivity index (χ4v) is 4.73. The average molecular weight is 465 g/mol. The second-order valence-corrected chi connectivity index (χ2v) is 9.18. The van der Waals surface area contributed by atoms with Gasteiger partial charge >= 0.3 is 0 Å². The maximum atomic E-state index is 9.55. The number of ether oxygens (including phenoxy) is 1. The van der Waals surface area contributed by atoms with Gasteiger partial charge in [-0.25, -0.2) is 0 Å². The molecule has 0 aliphatic heterocycles. The molecule has 1 aromatic heterocycles. The molecule has 0 bridgehead atoms. The van der Waals surface area contributed by atoms with E-state index in [4.69, 9.17) is 9.26 Å². The van der Waals surface area contributed by atoms with E-state index in [1.807, 2.05) is 26.0 Å². The van der Waals surface area contributed by atoms with Gasteiger partial charge in [-0.3, -0.25) is 0 Å². The average Bonchev–Trinajstić information content (AvgIpc) is 3.52. The smallest absolute Gasteiger partial charge is 0.258 e. The molecule has 1 aliphatic rings. The van der Waals surface area contributed by atoms with E-state index in [1.165, 1.54) is 16.7 Å². The summed E-state index contributed by atoms with van der Waals surface area (Å²) in [5.74, 6) is 1.50. The molecule has 176 valence electrons. The van der Waals surface area contributed by atoms with E-state index in [0.717, 1.165) is 18.4 Å². The van der Waals surface area contributed by atoms with Crippen LogP contribution in [0.25, 0.3) is 22.8 Å². The first-order valence-corrected chi connectivity index (χ1v) is 12.0. The Hall–Kier alpha value is -3.95. The van der Waals surface area contributed by atoms with Crippen LogP contribution in [-0.4, -0.2) is 16.2 Å². The van der Waals surface area contributed by atoms with Crippen LogP contribution >= 0.6 is 0 Å². The Bertz CT molecular complexity index is 1370. The first kappa shape index (κ1) is 22.8. The molecular weight excluding hydrogens is 436 g/mol. The molecule has 3 aromatic carbocycles. The summed E-state index contributed by atoms with van der Waals surface area (Å²) >= 11 is 0. The van der Waals surface area contributed by atoms with Crippen LogP contribution in [-0.2, 0) is 6.42 Å². The number of benzene rings is 3. The highest BCUT2D eigenvalue weighted by Gasteiger charge is 2.27. The lowest BCUT2D eigenvalue weighted by Gasteiger charge is -2.21. The fraction of sp³-hybridized carbons (Fsp3) is 0.276. The first-order chi connectivity index (χ1) is 17.0. The molecule has 0 saturated carbocycles. The van der Waals surface area contributed by atoms with Crippen LogP contribution in [0.1, 0.15) is 61.5 Å². The van der Waals surface area contributed by atoms with E-state index in [0.29, 0.717) is 28.6 Å². The number of fused-ring (bicyclic) bond motifs is 1. The van der Waals surface area contributed by atoms with Crippen molar-refractivity contribution >= 4 is 0 Å². The predicted octanol–water partition coefficient (Wildman–Crippen LogP) is 6.40. The molecular formula is C29H28N4O2. The van der Waals surface area contributed by atoms with Gasteiger partial charge < -0.3 is 14.6 Å². The maximum Gasteiger partial charge on any atom is 0.258 e. The second kappa shape index (κ2) is 9.73. The van der Waals surface area contributed by atoms with Crippen LogP contribution in [0.2, 0.25) is 0 Å². The van der Waals surface area contributed by atoms with Crippen LogP contribution in [0.4, 0.5) is 0 Å². The van der Waals surface area contributed by atoms with Crippen molar-refractivity contribution in [2.75, 3.05) is 0 Å². The largest absolute Gasteiger partial charge is 0.490 e. The van der Waals surface area contributed by atoms with Crippen molar-refractivity contribution in [1.29, 1.82) is 5.26 Å². The number of hydrogen-bond acceptors (Lipinski definition) is 6. The minimum Gasteiger partial charge on any atom is -0.490 e. The van der Waals surface area contributed by atoms with Crippen LogP contribution in [0.3, 0.4) is 0 Å². The Morgan fingerprint density at radius 3 is 2.66 bits per heavy atom. The SMILES string of the molecule is CC(C)Oc1ccc(-c2nc(-c3cccc4c3CC[C@H]4N[C@@H](C)c3ccccc3)no2)cc1C#N. The van der Waals surface area contributed by atoms with E-state index in [9.17, 15) is 5.26 Å². The highest BCUT2D eigenvalue weighted by atomic mass is 16.5. The molecule has 1 heterocycles. The molecule has 0 radical (unpaired) electrons. The molecule has 4 aromatic rings. The summed E-state index contributed by atoms with van der Waals surface area (Å²) in [4.78, 5) is 4.68. The van der Waals surface area contributed by atoms with Crippen molar-refractivity contribution in [1.82, 2.24) is 15.5 Å². The van der Waals surface area contributed by atoms with Gasteiger partial charge in [0.15, 0.2) is 0 Å². The number of aromatic nitrogens is 2. The zero-order valence-electron chi connectivity index (χ0n) is 20.2. The first-order valence-electron chi connectivity index (χ1n) is 12.0. The standard InChI is InChI=1S/C29H28N4O2/c1-18(2)34-27-15-12-21(16-22(27)17-30)29-32-28(33-35-29)25-11-7-10-24-23(25)13-14-26(24)31-19(3)20-8-5-4-6-9-20/h4-12,15-16,18-19,26,31H,13-14H2,1-3H3/t19-,26+/m0/s1. The number of nitrogens with zero attached hydrogens (tertiary/aromatic N) is 3. The van der Waals surface area contributed by atoms with Crippen molar-refractivity contribution < 1.29 is 9.26 Å². The highest BCUT2D eigenvalue weighted by molar-refractivity contribution is 5.67. The number of rotatable bonds is 7. The van der Waals surface area contributed by atoms with Crippen molar-refractivity contribution in [2.24, 2.45) is 0 Å². The minimum absolute atomic E-state index is 0.0165. The lowest BCUT2D eigenvalue weighted by molar-refractivity contribution is 0.241. The second-order valence-electron chi connectivity index (χ2n) is 9.18. The summed E-state index contributed by atoms with van der Waals surface area (Å²) in [6, 6.07) is 24.9. The zero-order chi connectivity index (χ0) is 24.4. The van der Waals surface area contributed by atoms with Crippen molar-refractivity contribution in [3.8, 4) is 34.7 Å². The van der Waals surface area contributed by atoms with E-state index >= 15 is 0 Å².